The number of nitrogens with one attached hydrogen (secondary N) is 1. The van der Waals surface area contributed by atoms with Gasteiger partial charge in [-0.15, -0.1) is 0 Å². The van der Waals surface area contributed by atoms with E-state index in [1.165, 1.54) is 0 Å². The largest absolute Gasteiger partial charge is 0.348 e. The van der Waals surface area contributed by atoms with Gasteiger partial charge in [-0.3, -0.25) is 4.79 Å². The number of amides is 1. The first-order valence-electron chi connectivity index (χ1n) is 7.92. The minimum Gasteiger partial charge on any atom is -0.348 e. The van der Waals surface area contributed by atoms with Gasteiger partial charge in [0.1, 0.15) is 0 Å². The Bertz CT molecular complexity index is 432. The first-order chi connectivity index (χ1) is 9.81. The van der Waals surface area contributed by atoms with Crippen molar-refractivity contribution >= 4 is 5.91 Å². The van der Waals surface area contributed by atoms with E-state index in [1.54, 1.807) is 0 Å². The van der Waals surface area contributed by atoms with Crippen molar-refractivity contribution in [3.63, 3.8) is 0 Å². The van der Waals surface area contributed by atoms with E-state index in [1.807, 2.05) is 39.0 Å². The number of rotatable bonds is 6. The smallest absolute Gasteiger partial charge is 0.237 e. The number of hydrogen-bond donors (Lipinski definition) is 2. The summed E-state index contributed by atoms with van der Waals surface area (Å²) in [5.74, 6) is 0.353. The molecule has 0 saturated heterocycles. The van der Waals surface area contributed by atoms with Crippen LogP contribution in [0.2, 0.25) is 0 Å². The van der Waals surface area contributed by atoms with Gasteiger partial charge in [-0.25, -0.2) is 0 Å². The summed E-state index contributed by atoms with van der Waals surface area (Å²) in [4.78, 5) is 12.5. The van der Waals surface area contributed by atoms with Gasteiger partial charge in [0, 0.05) is 0 Å². The molecule has 0 aliphatic heterocycles. The first-order valence-corrected chi connectivity index (χ1v) is 7.92. The highest BCUT2D eigenvalue weighted by molar-refractivity contribution is 5.82. The zero-order chi connectivity index (χ0) is 16.0. The number of nitrogens with two attached hydrogens (primary N) is 1. The van der Waals surface area contributed by atoms with Gasteiger partial charge < -0.3 is 11.1 Å². The van der Waals surface area contributed by atoms with Gasteiger partial charge in [0.25, 0.3) is 0 Å². The highest BCUT2D eigenvalue weighted by atomic mass is 16.2. The highest BCUT2D eigenvalue weighted by Gasteiger charge is 2.30. The fraction of sp³-hybridized carbons (Fsp3) is 0.611. The zero-order valence-electron chi connectivity index (χ0n) is 14.0. The molecule has 0 radical (unpaired) electrons. The lowest BCUT2D eigenvalue weighted by molar-refractivity contribution is -0.125. The molecule has 0 fully saturated rings. The van der Waals surface area contributed by atoms with Crippen LogP contribution in [0.4, 0.5) is 0 Å². The van der Waals surface area contributed by atoms with Crippen molar-refractivity contribution < 1.29 is 4.79 Å². The summed E-state index contributed by atoms with van der Waals surface area (Å²) in [6.45, 7) is 10.3. The second kappa shape index (κ2) is 7.60. The van der Waals surface area contributed by atoms with Crippen LogP contribution in [0.15, 0.2) is 30.3 Å². The van der Waals surface area contributed by atoms with Crippen LogP contribution in [-0.2, 0) is 4.79 Å². The molecule has 3 nitrogen and oxygen atoms in total. The van der Waals surface area contributed by atoms with Crippen LogP contribution in [0.25, 0.3) is 0 Å². The monoisotopic (exact) mass is 290 g/mol. The van der Waals surface area contributed by atoms with Crippen LogP contribution in [0, 0.1) is 11.3 Å². The number of carbonyl (C=O) groups is 1. The van der Waals surface area contributed by atoms with Crippen LogP contribution >= 0.6 is 0 Å². The van der Waals surface area contributed by atoms with E-state index in [-0.39, 0.29) is 17.4 Å². The van der Waals surface area contributed by atoms with Crippen LogP contribution in [-0.4, -0.2) is 11.9 Å². The Balaban J connectivity index is 2.96. The van der Waals surface area contributed by atoms with Crippen LogP contribution in [0.1, 0.15) is 59.1 Å². The molecule has 1 rings (SSSR count). The quantitative estimate of drug-likeness (QED) is 0.840. The number of benzene rings is 1. The summed E-state index contributed by atoms with van der Waals surface area (Å²) in [5.41, 5.74) is 7.01. The second-order valence-corrected chi connectivity index (χ2v) is 6.82. The topological polar surface area (TPSA) is 55.1 Å². The van der Waals surface area contributed by atoms with Crippen molar-refractivity contribution in [2.45, 2.75) is 59.5 Å². The molecule has 0 heterocycles. The molecule has 0 aliphatic carbocycles. The predicted octanol–water partition coefficient (Wildman–Crippen LogP) is 3.65. The van der Waals surface area contributed by atoms with Crippen molar-refractivity contribution in [3.8, 4) is 0 Å². The maximum absolute atomic E-state index is 12.5. The van der Waals surface area contributed by atoms with Crippen molar-refractivity contribution in [1.82, 2.24) is 5.32 Å². The fourth-order valence-corrected chi connectivity index (χ4v) is 2.53. The third-order valence-electron chi connectivity index (χ3n) is 4.19. The molecule has 1 aromatic carbocycles. The average molecular weight is 290 g/mol. The van der Waals surface area contributed by atoms with Gasteiger partial charge in [-0.05, 0) is 16.9 Å². The summed E-state index contributed by atoms with van der Waals surface area (Å²) in [6.07, 6.45) is 2.06. The second-order valence-electron chi connectivity index (χ2n) is 6.82. The summed E-state index contributed by atoms with van der Waals surface area (Å²) in [6, 6.07) is 9.70. The molecule has 3 heteroatoms. The van der Waals surface area contributed by atoms with E-state index >= 15 is 0 Å². The van der Waals surface area contributed by atoms with Gasteiger partial charge in [-0.2, -0.15) is 0 Å². The standard InChI is InChI=1S/C18H30N2O/c1-6-13(7-2)15(14-11-9-8-10-12-14)20-17(21)16(19)18(3,4)5/h8-13,15-16H,6-7,19H2,1-5H3,(H,20,21). The molecule has 0 aromatic heterocycles. The van der Waals surface area contributed by atoms with Gasteiger partial charge in [0.2, 0.25) is 5.91 Å². The minimum absolute atomic E-state index is 0.0297. The Hall–Kier alpha value is -1.35. The van der Waals surface area contributed by atoms with E-state index < -0.39 is 6.04 Å². The van der Waals surface area contributed by atoms with Gasteiger partial charge in [-0.1, -0.05) is 77.8 Å². The molecule has 2 unspecified atom stereocenters. The lowest BCUT2D eigenvalue weighted by atomic mass is 9.85. The molecule has 0 spiro atoms. The van der Waals surface area contributed by atoms with Crippen molar-refractivity contribution in [3.05, 3.63) is 35.9 Å². The van der Waals surface area contributed by atoms with Gasteiger partial charge in [0.05, 0.1) is 12.1 Å². The van der Waals surface area contributed by atoms with E-state index in [9.17, 15) is 4.79 Å². The molecule has 0 bridgehead atoms. The molecular formula is C18H30N2O. The maximum atomic E-state index is 12.5. The normalized spacial score (nSPS) is 14.8. The lowest BCUT2D eigenvalue weighted by Gasteiger charge is -2.31. The summed E-state index contributed by atoms with van der Waals surface area (Å²) in [5, 5.41) is 3.18. The minimum atomic E-state index is -0.502. The predicted molar refractivity (Wildman–Crippen MR) is 88.8 cm³/mol. The third-order valence-corrected chi connectivity index (χ3v) is 4.19. The van der Waals surface area contributed by atoms with Crippen molar-refractivity contribution in [2.24, 2.45) is 17.1 Å². The third kappa shape index (κ3) is 4.85. The molecule has 1 aromatic rings. The Morgan fingerprint density at radius 2 is 1.67 bits per heavy atom. The Morgan fingerprint density at radius 1 is 1.14 bits per heavy atom. The number of hydrogen-bond acceptors (Lipinski definition) is 2. The molecule has 118 valence electrons. The molecule has 0 aliphatic rings. The highest BCUT2D eigenvalue weighted by Crippen LogP contribution is 2.28. The number of carbonyl (C=O) groups excluding carboxylic acids is 1. The fourth-order valence-electron chi connectivity index (χ4n) is 2.53. The Kier molecular flexibility index (Phi) is 6.41. The van der Waals surface area contributed by atoms with Crippen molar-refractivity contribution in [1.29, 1.82) is 0 Å². The van der Waals surface area contributed by atoms with Crippen LogP contribution < -0.4 is 11.1 Å². The summed E-state index contributed by atoms with van der Waals surface area (Å²) in [7, 11) is 0. The lowest BCUT2D eigenvalue weighted by Crippen LogP contribution is -2.50. The van der Waals surface area contributed by atoms with Crippen molar-refractivity contribution in [2.75, 3.05) is 0 Å². The van der Waals surface area contributed by atoms with E-state index in [2.05, 4.69) is 31.3 Å². The molecule has 0 saturated carbocycles. The Morgan fingerprint density at radius 3 is 2.10 bits per heavy atom. The zero-order valence-corrected chi connectivity index (χ0v) is 14.0. The maximum Gasteiger partial charge on any atom is 0.237 e. The van der Waals surface area contributed by atoms with E-state index in [0.29, 0.717) is 5.92 Å². The summed E-state index contributed by atoms with van der Waals surface area (Å²) < 4.78 is 0. The van der Waals surface area contributed by atoms with Crippen LogP contribution in [0.5, 0.6) is 0 Å². The van der Waals surface area contributed by atoms with E-state index in [4.69, 9.17) is 5.73 Å². The Labute approximate surface area is 129 Å². The average Bonchev–Trinajstić information content (AvgIpc) is 2.46. The van der Waals surface area contributed by atoms with Gasteiger partial charge in [0.15, 0.2) is 0 Å². The molecule has 1 amide bonds. The summed E-state index contributed by atoms with van der Waals surface area (Å²) >= 11 is 0. The van der Waals surface area contributed by atoms with Crippen LogP contribution in [0.3, 0.4) is 0 Å². The van der Waals surface area contributed by atoms with Gasteiger partial charge >= 0.3 is 0 Å². The molecule has 3 N–H and O–H groups in total. The molecule has 21 heavy (non-hydrogen) atoms. The first kappa shape index (κ1) is 17.7. The molecular weight excluding hydrogens is 260 g/mol. The SMILES string of the molecule is CCC(CC)C(NC(=O)C(N)C(C)(C)C)c1ccccc1. The molecule has 2 atom stereocenters. The van der Waals surface area contributed by atoms with E-state index in [0.717, 1.165) is 18.4 Å².